The summed E-state index contributed by atoms with van der Waals surface area (Å²) in [6.07, 6.45) is -0.838. The standard InChI is InChI=1S/C20H19NO3/c1-3-21-19(22)13(2)24-20(23)18-16-10-6-4-8-14(16)12-15-9-5-7-11-17(15)18/h4-13H,3H2,1-2H3,(H,21,22)/t13-/m0/s1. The largest absolute Gasteiger partial charge is 0.449 e. The van der Waals surface area contributed by atoms with Crippen LogP contribution in [0, 0.1) is 0 Å². The first-order valence-corrected chi connectivity index (χ1v) is 8.01. The predicted molar refractivity (Wildman–Crippen MR) is 95.0 cm³/mol. The van der Waals surface area contributed by atoms with Gasteiger partial charge in [0.15, 0.2) is 6.10 Å². The lowest BCUT2D eigenvalue weighted by Crippen LogP contribution is -2.35. The van der Waals surface area contributed by atoms with Gasteiger partial charge in [-0.15, -0.1) is 0 Å². The van der Waals surface area contributed by atoms with Crippen molar-refractivity contribution >= 4 is 33.4 Å². The molecular weight excluding hydrogens is 302 g/mol. The number of amides is 1. The lowest BCUT2D eigenvalue weighted by atomic mass is 9.97. The molecule has 4 nitrogen and oxygen atoms in total. The zero-order chi connectivity index (χ0) is 17.1. The molecule has 0 saturated carbocycles. The number of benzene rings is 3. The summed E-state index contributed by atoms with van der Waals surface area (Å²) in [5.41, 5.74) is 0.500. The molecule has 0 aliphatic carbocycles. The molecule has 0 heterocycles. The molecule has 0 aliphatic rings. The van der Waals surface area contributed by atoms with Crippen LogP contribution >= 0.6 is 0 Å². The van der Waals surface area contributed by atoms with Crippen LogP contribution in [-0.4, -0.2) is 24.5 Å². The number of ether oxygens (including phenoxy) is 1. The van der Waals surface area contributed by atoms with Gasteiger partial charge < -0.3 is 10.1 Å². The third kappa shape index (κ3) is 2.95. The van der Waals surface area contributed by atoms with Gasteiger partial charge >= 0.3 is 5.97 Å². The highest BCUT2D eigenvalue weighted by atomic mass is 16.5. The van der Waals surface area contributed by atoms with Gasteiger partial charge in [0.05, 0.1) is 5.56 Å². The number of hydrogen-bond acceptors (Lipinski definition) is 3. The monoisotopic (exact) mass is 321 g/mol. The molecule has 0 fully saturated rings. The maximum atomic E-state index is 12.8. The Labute approximate surface area is 140 Å². The normalized spacial score (nSPS) is 12.1. The number of likely N-dealkylation sites (N-methyl/N-ethyl adjacent to an activating group) is 1. The van der Waals surface area contributed by atoms with E-state index in [2.05, 4.69) is 11.4 Å². The van der Waals surface area contributed by atoms with Crippen LogP contribution in [0.3, 0.4) is 0 Å². The van der Waals surface area contributed by atoms with E-state index in [0.717, 1.165) is 21.5 Å². The molecule has 122 valence electrons. The van der Waals surface area contributed by atoms with Crippen LogP contribution in [-0.2, 0) is 9.53 Å². The first-order chi connectivity index (χ1) is 11.6. The van der Waals surface area contributed by atoms with Gasteiger partial charge in [0.25, 0.3) is 5.91 Å². The Bertz CT molecular complexity index is 863. The zero-order valence-electron chi connectivity index (χ0n) is 13.7. The van der Waals surface area contributed by atoms with Crippen molar-refractivity contribution in [2.24, 2.45) is 0 Å². The fraction of sp³-hybridized carbons (Fsp3) is 0.200. The number of carbonyl (C=O) groups excluding carboxylic acids is 2. The van der Waals surface area contributed by atoms with Gasteiger partial charge in [-0.1, -0.05) is 48.5 Å². The van der Waals surface area contributed by atoms with Gasteiger partial charge in [0.1, 0.15) is 0 Å². The van der Waals surface area contributed by atoms with Crippen molar-refractivity contribution in [3.63, 3.8) is 0 Å². The summed E-state index contributed by atoms with van der Waals surface area (Å²) >= 11 is 0. The van der Waals surface area contributed by atoms with Crippen LogP contribution < -0.4 is 5.32 Å². The number of fused-ring (bicyclic) bond motifs is 2. The highest BCUT2D eigenvalue weighted by Gasteiger charge is 2.21. The van der Waals surface area contributed by atoms with E-state index in [1.165, 1.54) is 0 Å². The minimum atomic E-state index is -0.838. The summed E-state index contributed by atoms with van der Waals surface area (Å²) in [5, 5.41) is 6.24. The van der Waals surface area contributed by atoms with E-state index >= 15 is 0 Å². The van der Waals surface area contributed by atoms with Gasteiger partial charge in [-0.25, -0.2) is 4.79 Å². The second kappa shape index (κ2) is 6.71. The molecule has 1 amide bonds. The second-order valence-corrected chi connectivity index (χ2v) is 5.64. The fourth-order valence-electron chi connectivity index (χ4n) is 2.82. The minimum Gasteiger partial charge on any atom is -0.449 e. The minimum absolute atomic E-state index is 0.296. The third-order valence-corrected chi connectivity index (χ3v) is 3.98. The van der Waals surface area contributed by atoms with Crippen LogP contribution in [0.1, 0.15) is 24.2 Å². The number of nitrogens with one attached hydrogen (secondary N) is 1. The first-order valence-electron chi connectivity index (χ1n) is 8.01. The predicted octanol–water partition coefficient (Wildman–Crippen LogP) is 3.67. The Hall–Kier alpha value is -2.88. The van der Waals surface area contributed by atoms with Gasteiger partial charge in [-0.2, -0.15) is 0 Å². The molecule has 0 aliphatic heterocycles. The maximum Gasteiger partial charge on any atom is 0.340 e. The Kier molecular flexibility index (Phi) is 4.47. The lowest BCUT2D eigenvalue weighted by Gasteiger charge is -2.15. The third-order valence-electron chi connectivity index (χ3n) is 3.98. The van der Waals surface area contributed by atoms with E-state index in [1.807, 2.05) is 55.5 Å². The van der Waals surface area contributed by atoms with Crippen molar-refractivity contribution in [3.8, 4) is 0 Å². The van der Waals surface area contributed by atoms with Gasteiger partial charge in [-0.3, -0.25) is 4.79 Å². The molecule has 1 N–H and O–H groups in total. The zero-order valence-corrected chi connectivity index (χ0v) is 13.7. The van der Waals surface area contributed by atoms with Crippen molar-refractivity contribution in [3.05, 3.63) is 60.2 Å². The second-order valence-electron chi connectivity index (χ2n) is 5.64. The number of hydrogen-bond donors (Lipinski definition) is 1. The Morgan fingerprint density at radius 2 is 1.54 bits per heavy atom. The summed E-state index contributed by atoms with van der Waals surface area (Å²) in [4.78, 5) is 24.6. The molecule has 4 heteroatoms. The van der Waals surface area contributed by atoms with Crippen LogP contribution in [0.25, 0.3) is 21.5 Å². The summed E-state index contributed by atoms with van der Waals surface area (Å²) in [6, 6.07) is 17.4. The van der Waals surface area contributed by atoms with Crippen molar-refractivity contribution < 1.29 is 14.3 Å². The lowest BCUT2D eigenvalue weighted by molar-refractivity contribution is -0.128. The Morgan fingerprint density at radius 1 is 1.00 bits per heavy atom. The number of esters is 1. The highest BCUT2D eigenvalue weighted by molar-refractivity contribution is 6.16. The molecule has 0 spiro atoms. The van der Waals surface area contributed by atoms with Crippen molar-refractivity contribution in [2.75, 3.05) is 6.54 Å². The van der Waals surface area contributed by atoms with Gasteiger partial charge in [0, 0.05) is 6.54 Å². The SMILES string of the molecule is CCNC(=O)[C@H](C)OC(=O)c1c2ccccc2cc2ccccc12. The molecule has 1 atom stereocenters. The van der Waals surface area contributed by atoms with Crippen LogP contribution in [0.5, 0.6) is 0 Å². The van der Waals surface area contributed by atoms with Crippen LogP contribution in [0.2, 0.25) is 0 Å². The van der Waals surface area contributed by atoms with Gasteiger partial charge in [-0.05, 0) is 41.5 Å². The molecule has 0 radical (unpaired) electrons. The highest BCUT2D eigenvalue weighted by Crippen LogP contribution is 2.29. The topological polar surface area (TPSA) is 55.4 Å². The molecular formula is C20H19NO3. The summed E-state index contributed by atoms with van der Waals surface area (Å²) in [6.45, 7) is 3.90. The van der Waals surface area contributed by atoms with Crippen molar-refractivity contribution in [2.45, 2.75) is 20.0 Å². The van der Waals surface area contributed by atoms with E-state index in [4.69, 9.17) is 4.74 Å². The Balaban J connectivity index is 2.09. The molecule has 3 rings (SSSR count). The van der Waals surface area contributed by atoms with E-state index in [9.17, 15) is 9.59 Å². The molecule has 0 aromatic heterocycles. The molecule has 3 aromatic rings. The summed E-state index contributed by atoms with van der Waals surface area (Å²) in [5.74, 6) is -0.780. The molecule has 3 aromatic carbocycles. The number of rotatable bonds is 4. The van der Waals surface area contributed by atoms with E-state index in [0.29, 0.717) is 12.1 Å². The van der Waals surface area contributed by atoms with E-state index in [1.54, 1.807) is 6.92 Å². The molecule has 0 saturated heterocycles. The molecule has 0 bridgehead atoms. The fourth-order valence-corrected chi connectivity index (χ4v) is 2.82. The van der Waals surface area contributed by atoms with Gasteiger partial charge in [0.2, 0.25) is 0 Å². The van der Waals surface area contributed by atoms with Crippen LogP contribution in [0.4, 0.5) is 0 Å². The van der Waals surface area contributed by atoms with Crippen LogP contribution in [0.15, 0.2) is 54.6 Å². The maximum absolute atomic E-state index is 12.8. The smallest absolute Gasteiger partial charge is 0.340 e. The summed E-state index contributed by atoms with van der Waals surface area (Å²) < 4.78 is 5.42. The number of carbonyl (C=O) groups is 2. The molecule has 0 unspecified atom stereocenters. The quantitative estimate of drug-likeness (QED) is 0.589. The van der Waals surface area contributed by atoms with Crippen molar-refractivity contribution in [1.82, 2.24) is 5.32 Å². The van der Waals surface area contributed by atoms with Crippen molar-refractivity contribution in [1.29, 1.82) is 0 Å². The van der Waals surface area contributed by atoms with E-state index < -0.39 is 12.1 Å². The first kappa shape index (κ1) is 16.0. The van der Waals surface area contributed by atoms with E-state index in [-0.39, 0.29) is 5.91 Å². The molecule has 24 heavy (non-hydrogen) atoms. The Morgan fingerprint density at radius 3 is 2.08 bits per heavy atom. The average molecular weight is 321 g/mol. The summed E-state index contributed by atoms with van der Waals surface area (Å²) in [7, 11) is 0. The average Bonchev–Trinajstić information content (AvgIpc) is 2.59.